The molecule has 1 saturated carbocycles. The summed E-state index contributed by atoms with van der Waals surface area (Å²) in [6, 6.07) is 5.92. The molecular formula is C20H27N3O2S2. The Morgan fingerprint density at radius 2 is 2.00 bits per heavy atom. The summed E-state index contributed by atoms with van der Waals surface area (Å²) < 4.78 is 2.75. The summed E-state index contributed by atoms with van der Waals surface area (Å²) in [7, 11) is 0. The number of nitrogens with zero attached hydrogens (tertiary/aromatic N) is 2. The third-order valence-corrected chi connectivity index (χ3v) is 7.56. The van der Waals surface area contributed by atoms with Crippen molar-refractivity contribution in [2.24, 2.45) is 5.92 Å². The number of aromatic nitrogens is 1. The highest BCUT2D eigenvalue weighted by Crippen LogP contribution is 2.36. The molecule has 5 nitrogen and oxygen atoms in total. The van der Waals surface area contributed by atoms with Crippen molar-refractivity contribution in [3.63, 3.8) is 0 Å². The van der Waals surface area contributed by atoms with E-state index in [9.17, 15) is 9.59 Å². The second-order valence-corrected chi connectivity index (χ2v) is 9.67. The lowest BCUT2D eigenvalue weighted by atomic mass is 9.83. The molecule has 0 aromatic carbocycles. The molecular weight excluding hydrogens is 378 g/mol. The van der Waals surface area contributed by atoms with Crippen molar-refractivity contribution in [1.29, 1.82) is 0 Å². The molecule has 0 unspecified atom stereocenters. The fourth-order valence-electron chi connectivity index (χ4n) is 4.78. The summed E-state index contributed by atoms with van der Waals surface area (Å²) >= 11 is 7.12. The lowest BCUT2D eigenvalue weighted by Gasteiger charge is -2.43. The van der Waals surface area contributed by atoms with Crippen LogP contribution in [-0.2, 0) is 11.3 Å². The maximum atomic E-state index is 12.2. The van der Waals surface area contributed by atoms with Crippen LogP contribution in [0.2, 0.25) is 0 Å². The van der Waals surface area contributed by atoms with E-state index >= 15 is 0 Å². The van der Waals surface area contributed by atoms with Gasteiger partial charge in [0.05, 0.1) is 5.75 Å². The Morgan fingerprint density at radius 1 is 1.19 bits per heavy atom. The number of fused-ring (bicyclic) bond motifs is 4. The number of pyridine rings is 1. The van der Waals surface area contributed by atoms with Gasteiger partial charge >= 0.3 is 0 Å². The number of carbonyl (C=O) groups excluding carboxylic acids is 1. The van der Waals surface area contributed by atoms with Gasteiger partial charge in [0, 0.05) is 43.4 Å². The molecule has 1 N–H and O–H groups in total. The lowest BCUT2D eigenvalue weighted by molar-refractivity contribution is -0.119. The highest BCUT2D eigenvalue weighted by Gasteiger charge is 2.35. The molecule has 1 saturated heterocycles. The Bertz CT molecular complexity index is 773. The fourth-order valence-corrected chi connectivity index (χ4v) is 5.78. The molecule has 7 heteroatoms. The molecule has 1 amide bonds. The smallest absolute Gasteiger partial charge is 0.250 e. The van der Waals surface area contributed by atoms with E-state index in [-0.39, 0.29) is 11.5 Å². The molecule has 2 bridgehead atoms. The summed E-state index contributed by atoms with van der Waals surface area (Å²) in [6.45, 7) is 2.50. The minimum absolute atomic E-state index is 0.100. The van der Waals surface area contributed by atoms with Crippen LogP contribution in [0.15, 0.2) is 23.0 Å². The van der Waals surface area contributed by atoms with Crippen LogP contribution in [0.25, 0.3) is 0 Å². The minimum Gasteiger partial charge on any atom is -0.356 e. The van der Waals surface area contributed by atoms with E-state index in [2.05, 4.69) is 16.3 Å². The van der Waals surface area contributed by atoms with Crippen molar-refractivity contribution in [2.45, 2.75) is 57.0 Å². The van der Waals surface area contributed by atoms with E-state index in [0.717, 1.165) is 48.9 Å². The first-order valence-electron chi connectivity index (χ1n) is 10.0. The van der Waals surface area contributed by atoms with Gasteiger partial charge in [0.2, 0.25) is 5.91 Å². The monoisotopic (exact) mass is 405 g/mol. The summed E-state index contributed by atoms with van der Waals surface area (Å²) in [4.78, 5) is 26.6. The summed E-state index contributed by atoms with van der Waals surface area (Å²) in [5.74, 6) is 1.30. The van der Waals surface area contributed by atoms with Gasteiger partial charge in [-0.05, 0) is 31.2 Å². The topological polar surface area (TPSA) is 54.3 Å². The Morgan fingerprint density at radius 3 is 2.81 bits per heavy atom. The number of piperidine rings is 1. The Hall–Kier alpha value is -1.34. The number of nitrogens with one attached hydrogen (secondary N) is 1. The van der Waals surface area contributed by atoms with Gasteiger partial charge in [-0.15, -0.1) is 0 Å². The van der Waals surface area contributed by atoms with Crippen LogP contribution >= 0.6 is 24.0 Å². The predicted molar refractivity (Wildman–Crippen MR) is 113 cm³/mol. The quantitative estimate of drug-likeness (QED) is 0.784. The Labute approximate surface area is 169 Å². The van der Waals surface area contributed by atoms with E-state index in [4.69, 9.17) is 12.2 Å². The number of hydrogen-bond acceptors (Lipinski definition) is 4. The van der Waals surface area contributed by atoms with Crippen molar-refractivity contribution < 1.29 is 4.79 Å². The Balaban J connectivity index is 1.31. The predicted octanol–water partition coefficient (Wildman–Crippen LogP) is 2.73. The first kappa shape index (κ1) is 19.0. The molecule has 3 aliphatic rings. The average molecular weight is 406 g/mol. The van der Waals surface area contributed by atoms with E-state index in [1.54, 1.807) is 6.07 Å². The second kappa shape index (κ2) is 8.35. The van der Waals surface area contributed by atoms with Gasteiger partial charge in [0.1, 0.15) is 4.32 Å². The number of carbonyl (C=O) groups is 1. The largest absolute Gasteiger partial charge is 0.356 e. The molecule has 1 aromatic heterocycles. The van der Waals surface area contributed by atoms with Crippen LogP contribution in [-0.4, -0.2) is 44.6 Å². The minimum atomic E-state index is 0.100. The van der Waals surface area contributed by atoms with Crippen LogP contribution in [0.3, 0.4) is 0 Å². The van der Waals surface area contributed by atoms with Gasteiger partial charge in [-0.1, -0.05) is 49.3 Å². The van der Waals surface area contributed by atoms with E-state index in [1.807, 2.05) is 10.6 Å². The standard InChI is InChI=1S/C20H27N3O2S2/c24-18(21-16-5-2-1-3-6-16)13-27-20(26)22-10-14-9-15(12-22)17-7-4-8-19(25)23(17)11-14/h4,7-8,14-16H,1-3,5-6,9-13H2,(H,21,24)/t14-,15-/m1/s1. The van der Waals surface area contributed by atoms with E-state index < -0.39 is 0 Å². The van der Waals surface area contributed by atoms with Gasteiger partial charge < -0.3 is 14.8 Å². The van der Waals surface area contributed by atoms with Crippen molar-refractivity contribution in [3.05, 3.63) is 34.2 Å². The first-order valence-corrected chi connectivity index (χ1v) is 11.4. The van der Waals surface area contributed by atoms with Crippen molar-refractivity contribution in [3.8, 4) is 0 Å². The SMILES string of the molecule is O=C(CSC(=S)N1C[C@H]2C[C@H](C1)c1cccc(=O)n1C2)NC1CCCCC1. The third kappa shape index (κ3) is 4.40. The van der Waals surface area contributed by atoms with Gasteiger partial charge in [0.25, 0.3) is 5.56 Å². The normalized spacial score (nSPS) is 25.0. The molecule has 0 spiro atoms. The molecule has 1 aromatic rings. The maximum Gasteiger partial charge on any atom is 0.250 e. The molecule has 4 rings (SSSR count). The summed E-state index contributed by atoms with van der Waals surface area (Å²) in [5.41, 5.74) is 1.23. The van der Waals surface area contributed by atoms with Crippen LogP contribution in [0.5, 0.6) is 0 Å². The zero-order valence-corrected chi connectivity index (χ0v) is 17.2. The third-order valence-electron chi connectivity index (χ3n) is 6.03. The van der Waals surface area contributed by atoms with Crippen LogP contribution in [0, 0.1) is 5.92 Å². The molecule has 2 atom stereocenters. The van der Waals surface area contributed by atoms with Gasteiger partial charge in [-0.25, -0.2) is 0 Å². The highest BCUT2D eigenvalue weighted by molar-refractivity contribution is 8.23. The maximum absolute atomic E-state index is 12.2. The number of likely N-dealkylation sites (tertiary alicyclic amines) is 1. The lowest BCUT2D eigenvalue weighted by Crippen LogP contribution is -2.48. The molecule has 3 heterocycles. The van der Waals surface area contributed by atoms with Crippen molar-refractivity contribution >= 4 is 34.2 Å². The molecule has 2 fully saturated rings. The van der Waals surface area contributed by atoms with Crippen LogP contribution in [0.1, 0.15) is 50.1 Å². The van der Waals surface area contributed by atoms with Crippen molar-refractivity contribution in [1.82, 2.24) is 14.8 Å². The molecule has 146 valence electrons. The molecule has 2 aliphatic heterocycles. The fraction of sp³-hybridized carbons (Fsp3) is 0.650. The number of amides is 1. The van der Waals surface area contributed by atoms with E-state index in [1.165, 1.54) is 31.0 Å². The molecule has 0 radical (unpaired) electrons. The van der Waals surface area contributed by atoms with Gasteiger partial charge in [-0.2, -0.15) is 0 Å². The zero-order valence-electron chi connectivity index (χ0n) is 15.6. The first-order chi connectivity index (χ1) is 13.1. The summed E-state index contributed by atoms with van der Waals surface area (Å²) in [5, 5.41) is 3.16. The van der Waals surface area contributed by atoms with E-state index in [0.29, 0.717) is 23.6 Å². The Kier molecular flexibility index (Phi) is 5.88. The van der Waals surface area contributed by atoms with Crippen molar-refractivity contribution in [2.75, 3.05) is 18.8 Å². The van der Waals surface area contributed by atoms with Gasteiger partial charge in [-0.3, -0.25) is 9.59 Å². The molecule has 1 aliphatic carbocycles. The number of hydrogen-bond donors (Lipinski definition) is 1. The number of rotatable bonds is 3. The highest BCUT2D eigenvalue weighted by atomic mass is 32.2. The zero-order chi connectivity index (χ0) is 18.8. The van der Waals surface area contributed by atoms with Crippen LogP contribution < -0.4 is 10.9 Å². The van der Waals surface area contributed by atoms with Gasteiger partial charge in [0.15, 0.2) is 0 Å². The van der Waals surface area contributed by atoms with Crippen LogP contribution in [0.4, 0.5) is 0 Å². The summed E-state index contributed by atoms with van der Waals surface area (Å²) in [6.07, 6.45) is 7.06. The molecule has 27 heavy (non-hydrogen) atoms. The second-order valence-electron chi connectivity index (χ2n) is 8.06. The number of thioether (sulfide) groups is 1. The number of thiocarbonyl (C=S) groups is 1. The average Bonchev–Trinajstić information content (AvgIpc) is 2.67.